The Morgan fingerprint density at radius 3 is 2.78 bits per heavy atom. The Hall–Kier alpha value is -2.79. The third-order valence-corrected chi connectivity index (χ3v) is 3.91. The van der Waals surface area contributed by atoms with Crippen LogP contribution < -0.4 is 4.74 Å². The van der Waals surface area contributed by atoms with Crippen molar-refractivity contribution in [3.8, 4) is 5.75 Å². The van der Waals surface area contributed by atoms with Gasteiger partial charge in [0.2, 0.25) is 0 Å². The van der Waals surface area contributed by atoms with Crippen molar-refractivity contribution in [1.29, 1.82) is 0 Å². The summed E-state index contributed by atoms with van der Waals surface area (Å²) in [5.41, 5.74) is 2.35. The number of fused-ring (bicyclic) bond motifs is 1. The van der Waals surface area contributed by atoms with Crippen LogP contribution in [0.5, 0.6) is 5.75 Å². The van der Waals surface area contributed by atoms with Crippen LogP contribution in [0.15, 0.2) is 42.5 Å². The molecule has 6 heteroatoms. The molecule has 0 bridgehead atoms. The average molecular weight is 329 g/mol. The molecule has 1 heterocycles. The molecular weight excluding hydrogens is 316 g/mol. The highest BCUT2D eigenvalue weighted by atomic mass is 35.5. The van der Waals surface area contributed by atoms with Crippen molar-refractivity contribution in [2.24, 2.45) is 0 Å². The van der Waals surface area contributed by atoms with Gasteiger partial charge in [-0.05, 0) is 30.3 Å². The number of nitro groups is 1. The highest BCUT2D eigenvalue weighted by molar-refractivity contribution is 6.34. The van der Waals surface area contributed by atoms with Crippen molar-refractivity contribution >= 4 is 40.3 Å². The van der Waals surface area contributed by atoms with Gasteiger partial charge in [0.1, 0.15) is 10.8 Å². The molecule has 0 atom stereocenters. The molecule has 1 N–H and O–H groups in total. The summed E-state index contributed by atoms with van der Waals surface area (Å²) in [4.78, 5) is 13.7. The van der Waals surface area contributed by atoms with Crippen LogP contribution in [-0.4, -0.2) is 17.0 Å². The maximum atomic E-state index is 10.9. The predicted molar refractivity (Wildman–Crippen MR) is 91.9 cm³/mol. The smallest absolute Gasteiger partial charge is 0.288 e. The van der Waals surface area contributed by atoms with Crippen molar-refractivity contribution in [3.63, 3.8) is 0 Å². The van der Waals surface area contributed by atoms with Gasteiger partial charge in [-0.2, -0.15) is 0 Å². The molecule has 0 aliphatic rings. The van der Waals surface area contributed by atoms with Crippen LogP contribution in [-0.2, 0) is 0 Å². The molecule has 3 aromatic rings. The molecular formula is C17H13ClN2O3. The number of H-pyrrole nitrogens is 1. The van der Waals surface area contributed by atoms with E-state index in [0.29, 0.717) is 5.56 Å². The standard InChI is InChI=1S/C17H13ClN2O3/c1-23-14-7-8-15-12(10-14)9-13(19-15)6-5-11-3-2-4-16(17(11)18)20(21)22/h2-10,19H,1H3. The summed E-state index contributed by atoms with van der Waals surface area (Å²) in [7, 11) is 1.62. The van der Waals surface area contributed by atoms with E-state index in [4.69, 9.17) is 16.3 Å². The Balaban J connectivity index is 1.94. The van der Waals surface area contributed by atoms with Crippen molar-refractivity contribution in [1.82, 2.24) is 4.98 Å². The monoisotopic (exact) mass is 328 g/mol. The van der Waals surface area contributed by atoms with E-state index in [1.807, 2.05) is 30.3 Å². The Morgan fingerprint density at radius 1 is 1.22 bits per heavy atom. The molecule has 0 spiro atoms. The number of hydrogen-bond acceptors (Lipinski definition) is 3. The van der Waals surface area contributed by atoms with E-state index >= 15 is 0 Å². The summed E-state index contributed by atoms with van der Waals surface area (Å²) >= 11 is 6.07. The predicted octanol–water partition coefficient (Wildman–Crippen LogP) is 4.91. The van der Waals surface area contributed by atoms with E-state index in [1.165, 1.54) is 6.07 Å². The number of methoxy groups -OCH3 is 1. The quantitative estimate of drug-likeness (QED) is 0.546. The van der Waals surface area contributed by atoms with E-state index in [9.17, 15) is 10.1 Å². The number of aromatic nitrogens is 1. The first-order valence-corrected chi connectivity index (χ1v) is 7.24. The summed E-state index contributed by atoms with van der Waals surface area (Å²) in [6, 6.07) is 12.4. The molecule has 0 radical (unpaired) electrons. The second-order valence-electron chi connectivity index (χ2n) is 4.95. The van der Waals surface area contributed by atoms with Gasteiger partial charge in [-0.15, -0.1) is 0 Å². The van der Waals surface area contributed by atoms with E-state index in [2.05, 4.69) is 4.98 Å². The third-order valence-electron chi connectivity index (χ3n) is 3.50. The fraction of sp³-hybridized carbons (Fsp3) is 0.0588. The highest BCUT2D eigenvalue weighted by Crippen LogP contribution is 2.29. The summed E-state index contributed by atoms with van der Waals surface area (Å²) in [6.45, 7) is 0. The number of nitrogens with one attached hydrogen (secondary N) is 1. The van der Waals surface area contributed by atoms with Crippen LogP contribution in [0.3, 0.4) is 0 Å². The summed E-state index contributed by atoms with van der Waals surface area (Å²) in [6.07, 6.45) is 3.58. The average Bonchev–Trinajstić information content (AvgIpc) is 2.95. The molecule has 0 fully saturated rings. The van der Waals surface area contributed by atoms with Crippen molar-refractivity contribution in [2.45, 2.75) is 0 Å². The molecule has 3 rings (SSSR count). The number of nitrogens with zero attached hydrogens (tertiary/aromatic N) is 1. The van der Waals surface area contributed by atoms with E-state index < -0.39 is 4.92 Å². The molecule has 0 saturated carbocycles. The minimum Gasteiger partial charge on any atom is -0.497 e. The topological polar surface area (TPSA) is 68.2 Å². The summed E-state index contributed by atoms with van der Waals surface area (Å²) in [5.74, 6) is 0.786. The van der Waals surface area contributed by atoms with E-state index in [1.54, 1.807) is 25.3 Å². The minimum absolute atomic E-state index is 0.102. The lowest BCUT2D eigenvalue weighted by molar-refractivity contribution is -0.384. The van der Waals surface area contributed by atoms with Gasteiger partial charge in [-0.1, -0.05) is 29.8 Å². The minimum atomic E-state index is -0.491. The zero-order chi connectivity index (χ0) is 16.4. The summed E-state index contributed by atoms with van der Waals surface area (Å²) in [5, 5.41) is 12.1. The van der Waals surface area contributed by atoms with Crippen molar-refractivity contribution in [3.05, 3.63) is 68.9 Å². The Labute approximate surface area is 137 Å². The Bertz CT molecular complexity index is 915. The first kappa shape index (κ1) is 15.1. The van der Waals surface area contributed by atoms with Crippen LogP contribution in [0.2, 0.25) is 5.02 Å². The van der Waals surface area contributed by atoms with Gasteiger partial charge in [0.25, 0.3) is 5.69 Å². The Kier molecular flexibility index (Phi) is 4.04. The first-order chi connectivity index (χ1) is 11.1. The van der Waals surface area contributed by atoms with Crippen LogP contribution in [0.25, 0.3) is 23.1 Å². The van der Waals surface area contributed by atoms with Crippen LogP contribution >= 0.6 is 11.6 Å². The molecule has 5 nitrogen and oxygen atoms in total. The SMILES string of the molecule is COc1ccc2[nH]c(C=Cc3cccc([N+](=O)[O-])c3Cl)cc2c1. The lowest BCUT2D eigenvalue weighted by atomic mass is 10.1. The third kappa shape index (κ3) is 3.05. The number of benzene rings is 2. The molecule has 1 aromatic heterocycles. The maximum absolute atomic E-state index is 10.9. The van der Waals surface area contributed by atoms with E-state index in [0.717, 1.165) is 22.3 Å². The number of aromatic amines is 1. The van der Waals surface area contributed by atoms with Gasteiger partial charge in [-0.25, -0.2) is 0 Å². The number of rotatable bonds is 4. The van der Waals surface area contributed by atoms with Crippen molar-refractivity contribution < 1.29 is 9.66 Å². The fourth-order valence-corrected chi connectivity index (χ4v) is 2.59. The molecule has 23 heavy (non-hydrogen) atoms. The highest BCUT2D eigenvalue weighted by Gasteiger charge is 2.13. The lowest BCUT2D eigenvalue weighted by Gasteiger charge is -1.99. The van der Waals surface area contributed by atoms with Gasteiger partial charge in [0.15, 0.2) is 0 Å². The van der Waals surface area contributed by atoms with Crippen LogP contribution in [0.1, 0.15) is 11.3 Å². The largest absolute Gasteiger partial charge is 0.497 e. The molecule has 2 aromatic carbocycles. The molecule has 0 unspecified atom stereocenters. The molecule has 116 valence electrons. The molecule has 0 saturated heterocycles. The number of ether oxygens (including phenoxy) is 1. The van der Waals surface area contributed by atoms with Crippen LogP contribution in [0.4, 0.5) is 5.69 Å². The summed E-state index contributed by atoms with van der Waals surface area (Å²) < 4.78 is 5.20. The van der Waals surface area contributed by atoms with Crippen LogP contribution in [0, 0.1) is 10.1 Å². The zero-order valence-corrected chi connectivity index (χ0v) is 13.0. The second-order valence-corrected chi connectivity index (χ2v) is 5.33. The first-order valence-electron chi connectivity index (χ1n) is 6.86. The maximum Gasteiger partial charge on any atom is 0.288 e. The molecule has 0 aliphatic heterocycles. The lowest BCUT2D eigenvalue weighted by Crippen LogP contribution is -1.90. The normalized spacial score (nSPS) is 11.2. The van der Waals surface area contributed by atoms with Gasteiger partial charge in [0.05, 0.1) is 12.0 Å². The zero-order valence-electron chi connectivity index (χ0n) is 12.2. The Morgan fingerprint density at radius 2 is 2.04 bits per heavy atom. The van der Waals surface area contributed by atoms with Gasteiger partial charge >= 0.3 is 0 Å². The second kappa shape index (κ2) is 6.14. The van der Waals surface area contributed by atoms with Gasteiger partial charge in [-0.3, -0.25) is 10.1 Å². The molecule has 0 aliphatic carbocycles. The van der Waals surface area contributed by atoms with Gasteiger partial charge in [0, 0.05) is 28.2 Å². The van der Waals surface area contributed by atoms with E-state index in [-0.39, 0.29) is 10.7 Å². The van der Waals surface area contributed by atoms with Crippen molar-refractivity contribution in [2.75, 3.05) is 7.11 Å². The number of hydrogen-bond donors (Lipinski definition) is 1. The molecule has 0 amide bonds. The van der Waals surface area contributed by atoms with Gasteiger partial charge < -0.3 is 9.72 Å². The number of nitro benzene ring substituents is 1. The number of halogens is 1. The fourth-order valence-electron chi connectivity index (χ4n) is 2.34.